The Morgan fingerprint density at radius 2 is 1.69 bits per heavy atom. The Labute approximate surface area is 203 Å². The fraction of sp³-hybridized carbons (Fsp3) is 0.417. The van der Waals surface area contributed by atoms with E-state index in [1.54, 1.807) is 36.3 Å². The molecule has 4 rings (SSSR count). The van der Waals surface area contributed by atoms with Crippen LogP contribution in [0, 0.1) is 0 Å². The number of benzene rings is 2. The molecule has 10 nitrogen and oxygen atoms in total. The minimum Gasteiger partial charge on any atom is -0.497 e. The number of carbonyl (C=O) groups excluding carboxylic acids is 2. The van der Waals surface area contributed by atoms with E-state index in [-0.39, 0.29) is 43.0 Å². The highest BCUT2D eigenvalue weighted by Gasteiger charge is 2.52. The number of hydrogen-bond donors (Lipinski definition) is 2. The second-order valence-electron chi connectivity index (χ2n) is 8.53. The van der Waals surface area contributed by atoms with Crippen molar-refractivity contribution in [1.29, 1.82) is 0 Å². The molecule has 2 saturated heterocycles. The van der Waals surface area contributed by atoms with Gasteiger partial charge in [-0.3, -0.25) is 14.8 Å². The highest BCUT2D eigenvalue weighted by molar-refractivity contribution is 7.93. The summed E-state index contributed by atoms with van der Waals surface area (Å²) in [6.07, 6.45) is 0.295. The van der Waals surface area contributed by atoms with Crippen LogP contribution in [0.15, 0.2) is 53.4 Å². The van der Waals surface area contributed by atoms with Crippen molar-refractivity contribution in [3.05, 3.63) is 54.1 Å². The summed E-state index contributed by atoms with van der Waals surface area (Å²) in [5.74, 6) is 0.0764. The first kappa shape index (κ1) is 25.0. The molecule has 2 aliphatic heterocycles. The van der Waals surface area contributed by atoms with E-state index in [9.17, 15) is 18.0 Å². The van der Waals surface area contributed by atoms with E-state index >= 15 is 0 Å². The summed E-state index contributed by atoms with van der Waals surface area (Å²) in [7, 11) is -2.54. The third-order valence-electron chi connectivity index (χ3n) is 6.54. The average molecular weight is 505 g/mol. The monoisotopic (exact) mass is 504 g/mol. The molecule has 2 aromatic carbocycles. The molecular formula is C24H28N2O8S. The van der Waals surface area contributed by atoms with Gasteiger partial charge in [-0.2, -0.15) is 0 Å². The Hall–Kier alpha value is -3.15. The number of rotatable bonds is 7. The van der Waals surface area contributed by atoms with Gasteiger partial charge in [0.05, 0.1) is 18.6 Å². The molecule has 0 unspecified atom stereocenters. The van der Waals surface area contributed by atoms with Gasteiger partial charge < -0.3 is 19.1 Å². The first-order valence-corrected chi connectivity index (χ1v) is 12.8. The fourth-order valence-electron chi connectivity index (χ4n) is 4.46. The van der Waals surface area contributed by atoms with Crippen molar-refractivity contribution in [2.45, 2.75) is 35.0 Å². The van der Waals surface area contributed by atoms with Gasteiger partial charge in [0.15, 0.2) is 14.6 Å². The molecule has 2 heterocycles. The number of amides is 2. The molecule has 2 aromatic rings. The Balaban J connectivity index is 1.42. The molecule has 2 N–H and O–H groups in total. The number of hydroxylamine groups is 1. The van der Waals surface area contributed by atoms with Crippen molar-refractivity contribution in [3.63, 3.8) is 0 Å². The topological polar surface area (TPSA) is 131 Å². The molecule has 0 spiro atoms. The van der Waals surface area contributed by atoms with Crippen molar-refractivity contribution in [2.75, 3.05) is 33.4 Å². The van der Waals surface area contributed by atoms with Crippen LogP contribution in [-0.2, 0) is 19.4 Å². The van der Waals surface area contributed by atoms with Crippen molar-refractivity contribution in [1.82, 2.24) is 10.4 Å². The highest BCUT2D eigenvalue weighted by Crippen LogP contribution is 2.36. The molecule has 188 valence electrons. The molecular weight excluding hydrogens is 476 g/mol. The molecule has 2 aliphatic rings. The minimum atomic E-state index is -4.10. The number of ether oxygens (including phenoxy) is 3. The third kappa shape index (κ3) is 4.84. The lowest BCUT2D eigenvalue weighted by Crippen LogP contribution is -2.54. The van der Waals surface area contributed by atoms with E-state index in [0.29, 0.717) is 36.6 Å². The zero-order valence-corrected chi connectivity index (χ0v) is 20.1. The molecule has 0 saturated carbocycles. The molecule has 2 fully saturated rings. The van der Waals surface area contributed by atoms with Gasteiger partial charge in [-0.25, -0.2) is 13.9 Å². The van der Waals surface area contributed by atoms with Gasteiger partial charge in [0.1, 0.15) is 17.6 Å². The number of carbonyl (C=O) groups is 2. The third-order valence-corrected chi connectivity index (χ3v) is 9.05. The Morgan fingerprint density at radius 3 is 2.29 bits per heavy atom. The molecule has 2 amide bonds. The molecule has 0 bridgehead atoms. The lowest BCUT2D eigenvalue weighted by Gasteiger charge is -2.34. The van der Waals surface area contributed by atoms with Crippen molar-refractivity contribution < 1.29 is 37.4 Å². The molecule has 0 radical (unpaired) electrons. The van der Waals surface area contributed by atoms with Crippen LogP contribution in [0.3, 0.4) is 0 Å². The maximum absolute atomic E-state index is 13.3. The normalized spacial score (nSPS) is 19.7. The molecule has 0 aliphatic carbocycles. The maximum atomic E-state index is 13.3. The average Bonchev–Trinajstić information content (AvgIpc) is 3.36. The van der Waals surface area contributed by atoms with Crippen LogP contribution in [0.25, 0.3) is 0 Å². The Morgan fingerprint density at radius 1 is 1.06 bits per heavy atom. The summed E-state index contributed by atoms with van der Waals surface area (Å²) in [6, 6.07) is 12.8. The SMILES string of the molecule is COc1ccc(C(=O)N2CC[C@@H](Oc3ccc(S(=O)(=O)C4(C(=O)NO)CCOCC4)cc3)C2)cc1. The zero-order valence-electron chi connectivity index (χ0n) is 19.3. The first-order chi connectivity index (χ1) is 16.8. The van der Waals surface area contributed by atoms with Crippen LogP contribution in [0.2, 0.25) is 0 Å². The molecule has 1 atom stereocenters. The van der Waals surface area contributed by atoms with Crippen molar-refractivity contribution >= 4 is 21.7 Å². The number of methoxy groups -OCH3 is 1. The Kier molecular flexibility index (Phi) is 7.29. The van der Waals surface area contributed by atoms with Crippen LogP contribution in [-0.4, -0.2) is 74.6 Å². The van der Waals surface area contributed by atoms with Gasteiger partial charge in [0, 0.05) is 31.7 Å². The lowest BCUT2D eigenvalue weighted by molar-refractivity contribution is -0.134. The van der Waals surface area contributed by atoms with E-state index in [1.807, 2.05) is 0 Å². The summed E-state index contributed by atoms with van der Waals surface area (Å²) in [5, 5.41) is 9.16. The summed E-state index contributed by atoms with van der Waals surface area (Å²) >= 11 is 0. The van der Waals surface area contributed by atoms with Crippen LogP contribution < -0.4 is 15.0 Å². The van der Waals surface area contributed by atoms with Gasteiger partial charge in [-0.05, 0) is 61.4 Å². The quantitative estimate of drug-likeness (QED) is 0.431. The number of nitrogens with zero attached hydrogens (tertiary/aromatic N) is 1. The standard InChI is InChI=1S/C24H28N2O8S/c1-32-18-4-2-17(3-5-18)22(27)26-13-10-20(16-26)34-19-6-8-21(9-7-19)35(30,31)24(23(28)25-29)11-14-33-15-12-24/h2-9,20,29H,10-16H2,1H3,(H,25,28)/t20-/m1/s1. The predicted molar refractivity (Wildman–Crippen MR) is 124 cm³/mol. The van der Waals surface area contributed by atoms with E-state index in [2.05, 4.69) is 0 Å². The van der Waals surface area contributed by atoms with Gasteiger partial charge in [0.25, 0.3) is 11.8 Å². The van der Waals surface area contributed by atoms with Crippen LogP contribution in [0.1, 0.15) is 29.6 Å². The Bertz CT molecular complexity index is 1160. The van der Waals surface area contributed by atoms with Crippen LogP contribution in [0.5, 0.6) is 11.5 Å². The minimum absolute atomic E-state index is 0.0434. The first-order valence-electron chi connectivity index (χ1n) is 11.3. The van der Waals surface area contributed by atoms with Gasteiger partial charge in [0.2, 0.25) is 0 Å². The lowest BCUT2D eigenvalue weighted by atomic mass is 9.98. The maximum Gasteiger partial charge on any atom is 0.265 e. The summed E-state index contributed by atoms with van der Waals surface area (Å²) in [6.45, 7) is 1.15. The van der Waals surface area contributed by atoms with Crippen LogP contribution in [0.4, 0.5) is 0 Å². The summed E-state index contributed by atoms with van der Waals surface area (Å²) in [4.78, 5) is 26.8. The van der Waals surface area contributed by atoms with Crippen molar-refractivity contribution in [3.8, 4) is 11.5 Å². The largest absolute Gasteiger partial charge is 0.497 e. The van der Waals surface area contributed by atoms with E-state index in [4.69, 9.17) is 19.4 Å². The van der Waals surface area contributed by atoms with E-state index in [0.717, 1.165) is 0 Å². The van der Waals surface area contributed by atoms with Crippen LogP contribution >= 0.6 is 0 Å². The molecule has 0 aromatic heterocycles. The van der Waals surface area contributed by atoms with Gasteiger partial charge >= 0.3 is 0 Å². The van der Waals surface area contributed by atoms with E-state index < -0.39 is 20.5 Å². The highest BCUT2D eigenvalue weighted by atomic mass is 32.2. The number of nitrogens with one attached hydrogen (secondary N) is 1. The second-order valence-corrected chi connectivity index (χ2v) is 10.8. The predicted octanol–water partition coefficient (Wildman–Crippen LogP) is 1.82. The van der Waals surface area contributed by atoms with Gasteiger partial charge in [-0.1, -0.05) is 0 Å². The zero-order chi connectivity index (χ0) is 25.1. The van der Waals surface area contributed by atoms with E-state index in [1.165, 1.54) is 29.7 Å². The molecule has 11 heteroatoms. The van der Waals surface area contributed by atoms with Gasteiger partial charge in [-0.15, -0.1) is 0 Å². The number of hydrogen-bond acceptors (Lipinski definition) is 8. The smallest absolute Gasteiger partial charge is 0.265 e. The number of sulfone groups is 1. The molecule has 35 heavy (non-hydrogen) atoms. The number of likely N-dealkylation sites (tertiary alicyclic amines) is 1. The summed E-state index contributed by atoms with van der Waals surface area (Å²) < 4.78 is 41.2. The fourth-order valence-corrected chi connectivity index (χ4v) is 6.40. The van der Waals surface area contributed by atoms with Crippen molar-refractivity contribution in [2.24, 2.45) is 0 Å². The second kappa shape index (κ2) is 10.2. The summed E-state index contributed by atoms with van der Waals surface area (Å²) in [5.41, 5.74) is 2.07.